The van der Waals surface area contributed by atoms with E-state index >= 15 is 0 Å². The third-order valence-electron chi connectivity index (χ3n) is 3.78. The Morgan fingerprint density at radius 2 is 2.07 bits per heavy atom. The zero-order valence-corrected chi connectivity index (χ0v) is 16.3. The Hall–Kier alpha value is -2.07. The molecule has 2 aromatic rings. The topological polar surface area (TPSA) is 85.2 Å². The molecule has 0 saturated heterocycles. The van der Waals surface area contributed by atoms with E-state index in [1.54, 1.807) is 24.5 Å². The van der Waals surface area contributed by atoms with E-state index in [4.69, 9.17) is 11.6 Å². The molecule has 0 aliphatic heterocycles. The molecule has 0 atom stereocenters. The van der Waals surface area contributed by atoms with Crippen LogP contribution in [0.15, 0.2) is 30.7 Å². The number of carbonyl (C=O) groups excluding carboxylic acids is 1. The number of anilines is 1. The zero-order chi connectivity index (χ0) is 20.2. The molecule has 2 aromatic heterocycles. The van der Waals surface area contributed by atoms with Gasteiger partial charge in [0.25, 0.3) is 0 Å². The summed E-state index contributed by atoms with van der Waals surface area (Å²) < 4.78 is 50.8. The molecular formula is C16H19ClF2N4O3S. The molecule has 2 rings (SSSR count). The van der Waals surface area contributed by atoms with E-state index in [1.807, 2.05) is 0 Å². The number of nitrogens with zero attached hydrogens (tertiary/aromatic N) is 4. The number of rotatable bonds is 8. The first-order valence-electron chi connectivity index (χ1n) is 7.99. The van der Waals surface area contributed by atoms with Crippen LogP contribution in [0.2, 0.25) is 5.15 Å². The van der Waals surface area contributed by atoms with Crippen molar-refractivity contribution in [3.8, 4) is 5.69 Å². The van der Waals surface area contributed by atoms with Crippen molar-refractivity contribution in [3.05, 3.63) is 35.9 Å². The summed E-state index contributed by atoms with van der Waals surface area (Å²) in [4.78, 5) is 17.4. The Bertz CT molecular complexity index is 898. The highest BCUT2D eigenvalue weighted by atomic mass is 35.5. The van der Waals surface area contributed by atoms with E-state index in [9.17, 15) is 22.0 Å². The zero-order valence-electron chi connectivity index (χ0n) is 14.8. The Kier molecular flexibility index (Phi) is 6.53. The van der Waals surface area contributed by atoms with Crippen molar-refractivity contribution in [1.82, 2.24) is 14.8 Å². The summed E-state index contributed by atoms with van der Waals surface area (Å²) in [5.41, 5.74) is 0.928. The number of halogens is 3. The minimum absolute atomic E-state index is 0.0585. The molecule has 0 aliphatic carbocycles. The van der Waals surface area contributed by atoms with E-state index in [1.165, 1.54) is 22.8 Å². The summed E-state index contributed by atoms with van der Waals surface area (Å²) in [5.74, 6) is -4.77. The molecule has 148 valence electrons. The number of hydrogen-bond acceptors (Lipinski definition) is 5. The monoisotopic (exact) mass is 420 g/mol. The molecule has 27 heavy (non-hydrogen) atoms. The fraction of sp³-hybridized carbons (Fsp3) is 0.438. The van der Waals surface area contributed by atoms with Crippen LogP contribution < -0.4 is 4.90 Å². The molecule has 0 saturated carbocycles. The molecule has 11 heteroatoms. The van der Waals surface area contributed by atoms with E-state index in [0.717, 1.165) is 0 Å². The molecular weight excluding hydrogens is 402 g/mol. The van der Waals surface area contributed by atoms with Crippen molar-refractivity contribution in [3.63, 3.8) is 0 Å². The van der Waals surface area contributed by atoms with Gasteiger partial charge in [-0.15, -0.1) is 0 Å². The predicted molar refractivity (Wildman–Crippen MR) is 98.3 cm³/mol. The number of hydrogen-bond donors (Lipinski definition) is 0. The van der Waals surface area contributed by atoms with Crippen molar-refractivity contribution in [2.24, 2.45) is 0 Å². The van der Waals surface area contributed by atoms with Gasteiger partial charge in [-0.1, -0.05) is 11.6 Å². The van der Waals surface area contributed by atoms with Gasteiger partial charge in [0.2, 0.25) is 11.8 Å². The second kappa shape index (κ2) is 8.30. The van der Waals surface area contributed by atoms with Gasteiger partial charge < -0.3 is 4.90 Å². The van der Waals surface area contributed by atoms with Gasteiger partial charge in [-0.3, -0.25) is 9.78 Å². The second-order valence-electron chi connectivity index (χ2n) is 6.14. The van der Waals surface area contributed by atoms with Crippen LogP contribution in [0.1, 0.15) is 19.8 Å². The molecule has 2 heterocycles. The summed E-state index contributed by atoms with van der Waals surface area (Å²) >= 11 is 6.08. The minimum atomic E-state index is -3.76. The van der Waals surface area contributed by atoms with E-state index in [2.05, 4.69) is 10.1 Å². The molecule has 1 amide bonds. The van der Waals surface area contributed by atoms with E-state index in [-0.39, 0.29) is 11.6 Å². The fourth-order valence-corrected chi connectivity index (χ4v) is 3.79. The first kappa shape index (κ1) is 21.2. The third kappa shape index (κ3) is 6.24. The van der Waals surface area contributed by atoms with E-state index < -0.39 is 39.6 Å². The normalized spacial score (nSPS) is 12.2. The van der Waals surface area contributed by atoms with Crippen molar-refractivity contribution >= 4 is 33.0 Å². The second-order valence-corrected chi connectivity index (χ2v) is 8.80. The minimum Gasteiger partial charge on any atom is -0.311 e. The van der Waals surface area contributed by atoms with Gasteiger partial charge in [0.1, 0.15) is 5.69 Å². The molecule has 0 spiro atoms. The van der Waals surface area contributed by atoms with Crippen LogP contribution in [-0.2, 0) is 14.6 Å². The Balaban J connectivity index is 2.02. The van der Waals surface area contributed by atoms with Crippen LogP contribution in [0.4, 0.5) is 14.5 Å². The van der Waals surface area contributed by atoms with Crippen LogP contribution in [0.5, 0.6) is 0 Å². The van der Waals surface area contributed by atoms with Crippen LogP contribution in [0.25, 0.3) is 5.69 Å². The molecule has 0 N–H and O–H groups in total. The van der Waals surface area contributed by atoms with Crippen LogP contribution in [0, 0.1) is 0 Å². The highest BCUT2D eigenvalue weighted by Crippen LogP contribution is 2.25. The van der Waals surface area contributed by atoms with Crippen molar-refractivity contribution in [1.29, 1.82) is 0 Å². The first-order chi connectivity index (χ1) is 12.5. The quantitative estimate of drug-likeness (QED) is 0.655. The SMILES string of the molecule is CN(C(=O)CCS(=O)(=O)CCC(C)(F)F)c1cn(-c2cccnc2)nc1Cl. The van der Waals surface area contributed by atoms with Crippen molar-refractivity contribution in [2.75, 3.05) is 23.5 Å². The molecule has 0 unspecified atom stereocenters. The van der Waals surface area contributed by atoms with Crippen LogP contribution in [-0.4, -0.2) is 53.6 Å². The third-order valence-corrected chi connectivity index (χ3v) is 5.70. The number of amides is 1. The lowest BCUT2D eigenvalue weighted by Gasteiger charge is -2.16. The van der Waals surface area contributed by atoms with E-state index in [0.29, 0.717) is 18.3 Å². The predicted octanol–water partition coefficient (Wildman–Crippen LogP) is 2.73. The number of alkyl halides is 2. The molecule has 0 bridgehead atoms. The number of aromatic nitrogens is 3. The molecule has 0 aliphatic rings. The lowest BCUT2D eigenvalue weighted by Crippen LogP contribution is -2.29. The number of carbonyl (C=O) groups is 1. The molecule has 0 aromatic carbocycles. The maximum atomic E-state index is 12.8. The Morgan fingerprint density at radius 1 is 1.37 bits per heavy atom. The van der Waals surface area contributed by atoms with Crippen molar-refractivity contribution in [2.45, 2.75) is 25.7 Å². The summed E-state index contributed by atoms with van der Waals surface area (Å²) in [6.45, 7) is 0.656. The van der Waals surface area contributed by atoms with Gasteiger partial charge in [-0.05, 0) is 19.1 Å². The number of pyridine rings is 1. The summed E-state index contributed by atoms with van der Waals surface area (Å²) in [6.07, 6.45) is 3.56. The maximum Gasteiger partial charge on any atom is 0.246 e. The first-order valence-corrected chi connectivity index (χ1v) is 10.2. The largest absolute Gasteiger partial charge is 0.311 e. The van der Waals surface area contributed by atoms with Gasteiger partial charge in [0, 0.05) is 26.1 Å². The summed E-state index contributed by atoms with van der Waals surface area (Å²) in [5, 5.41) is 4.15. The Labute approximate surface area is 160 Å². The lowest BCUT2D eigenvalue weighted by atomic mass is 10.3. The van der Waals surface area contributed by atoms with Gasteiger partial charge >= 0.3 is 0 Å². The average Bonchev–Trinajstić information content (AvgIpc) is 2.99. The standard InChI is InChI=1S/C16H19ClF2N4O3S/c1-16(18,19)6-9-27(25,26)8-5-14(24)22(2)13-11-23(21-15(13)17)12-4-3-7-20-10-12/h3-4,7,10-11H,5-6,8-9H2,1-2H3. The van der Waals surface area contributed by atoms with Gasteiger partial charge in [0.15, 0.2) is 15.0 Å². The fourth-order valence-electron chi connectivity index (χ4n) is 2.17. The molecule has 7 nitrogen and oxygen atoms in total. The Morgan fingerprint density at radius 3 is 2.67 bits per heavy atom. The number of sulfone groups is 1. The highest BCUT2D eigenvalue weighted by Gasteiger charge is 2.26. The average molecular weight is 421 g/mol. The maximum absolute atomic E-state index is 12.8. The molecule has 0 radical (unpaired) electrons. The lowest BCUT2D eigenvalue weighted by molar-refractivity contribution is -0.117. The van der Waals surface area contributed by atoms with Crippen molar-refractivity contribution < 1.29 is 22.0 Å². The molecule has 0 fully saturated rings. The van der Waals surface area contributed by atoms with Gasteiger partial charge in [-0.25, -0.2) is 21.9 Å². The van der Waals surface area contributed by atoms with Gasteiger partial charge in [0.05, 0.1) is 29.6 Å². The highest BCUT2D eigenvalue weighted by molar-refractivity contribution is 7.91. The van der Waals surface area contributed by atoms with Crippen LogP contribution >= 0.6 is 11.6 Å². The summed E-state index contributed by atoms with van der Waals surface area (Å²) in [7, 11) is -2.33. The summed E-state index contributed by atoms with van der Waals surface area (Å²) in [6, 6.07) is 3.46. The van der Waals surface area contributed by atoms with Crippen LogP contribution in [0.3, 0.4) is 0 Å². The smallest absolute Gasteiger partial charge is 0.246 e. The van der Waals surface area contributed by atoms with Gasteiger partial charge in [-0.2, -0.15) is 5.10 Å².